The van der Waals surface area contributed by atoms with E-state index in [1.54, 1.807) is 24.9 Å². The third-order valence-corrected chi connectivity index (χ3v) is 5.49. The summed E-state index contributed by atoms with van der Waals surface area (Å²) < 4.78 is 21.9. The van der Waals surface area contributed by atoms with Crippen molar-refractivity contribution in [3.63, 3.8) is 0 Å². The quantitative estimate of drug-likeness (QED) is 0.382. The molecule has 0 aliphatic heterocycles. The maximum absolute atomic E-state index is 14.0. The first-order valence-corrected chi connectivity index (χ1v) is 10.4. The van der Waals surface area contributed by atoms with Crippen molar-refractivity contribution >= 4 is 26.9 Å². The first-order chi connectivity index (χ1) is 14.6. The van der Waals surface area contributed by atoms with Gasteiger partial charge in [-0.1, -0.05) is 0 Å². The van der Waals surface area contributed by atoms with Gasteiger partial charge in [0.1, 0.15) is 11.4 Å². The molecule has 0 amide bonds. The Bertz CT molecular complexity index is 1180. The second-order valence-corrected chi connectivity index (χ2v) is 7.93. The molecule has 0 atom stereocenters. The molecule has 3 aromatic heterocycles. The highest BCUT2D eigenvalue weighted by Gasteiger charge is 2.14. The Morgan fingerprint density at radius 2 is 1.97 bits per heavy atom. The molecule has 0 saturated heterocycles. The molecule has 154 valence electrons. The minimum absolute atomic E-state index is 0.211. The van der Waals surface area contributed by atoms with Crippen molar-refractivity contribution in [1.29, 1.82) is 0 Å². The molecule has 0 fully saturated rings. The van der Waals surface area contributed by atoms with E-state index in [1.165, 1.54) is 18.4 Å². The average Bonchev–Trinajstić information content (AvgIpc) is 3.26. The van der Waals surface area contributed by atoms with Crippen LogP contribution in [-0.4, -0.2) is 26.0 Å². The number of halogens is 2. The molecule has 0 aliphatic carbocycles. The summed E-state index contributed by atoms with van der Waals surface area (Å²) in [5.41, 5.74) is 1.75. The largest absolute Gasteiger partial charge is 0.464 e. The average molecular weight is 471 g/mol. The number of imidazole rings is 1. The molecule has 0 spiro atoms. The van der Waals surface area contributed by atoms with Crippen molar-refractivity contribution in [2.24, 2.45) is 0 Å². The van der Waals surface area contributed by atoms with Gasteiger partial charge in [0, 0.05) is 56.5 Å². The predicted octanol–water partition coefficient (Wildman–Crippen LogP) is 4.38. The standard InChI is InChI=1S/C22H20BrFN4O2/c23-19-11-21-18(10-20(19)24)22(29)17(14-30-21)13-28(12-16-2-4-25-5-3-16)8-1-7-27-9-6-26-15-27/h2-6,9-11,14-15H,1,7-8,12-13H2. The van der Waals surface area contributed by atoms with E-state index in [1.807, 2.05) is 22.9 Å². The summed E-state index contributed by atoms with van der Waals surface area (Å²) in [7, 11) is 0. The molecule has 0 bridgehead atoms. The summed E-state index contributed by atoms with van der Waals surface area (Å²) in [6.45, 7) is 2.67. The van der Waals surface area contributed by atoms with Crippen LogP contribution in [0.4, 0.5) is 4.39 Å². The lowest BCUT2D eigenvalue weighted by atomic mass is 10.1. The molecule has 0 saturated carbocycles. The van der Waals surface area contributed by atoms with Gasteiger partial charge in [-0.3, -0.25) is 14.7 Å². The molecule has 1 aromatic carbocycles. The monoisotopic (exact) mass is 470 g/mol. The number of aromatic nitrogens is 3. The van der Waals surface area contributed by atoms with Gasteiger partial charge < -0.3 is 8.98 Å². The van der Waals surface area contributed by atoms with Crippen LogP contribution >= 0.6 is 15.9 Å². The van der Waals surface area contributed by atoms with Crippen LogP contribution in [0, 0.1) is 5.82 Å². The summed E-state index contributed by atoms with van der Waals surface area (Å²) in [6.07, 6.45) is 11.3. The summed E-state index contributed by atoms with van der Waals surface area (Å²) in [6, 6.07) is 6.62. The highest BCUT2D eigenvalue weighted by Crippen LogP contribution is 2.22. The van der Waals surface area contributed by atoms with Crippen LogP contribution in [0.2, 0.25) is 0 Å². The van der Waals surface area contributed by atoms with Crippen LogP contribution in [0.1, 0.15) is 17.5 Å². The Kier molecular flexibility index (Phi) is 6.35. The first-order valence-electron chi connectivity index (χ1n) is 9.56. The van der Waals surface area contributed by atoms with Crippen molar-refractivity contribution in [1.82, 2.24) is 19.4 Å². The minimum Gasteiger partial charge on any atom is -0.464 e. The molecule has 6 nitrogen and oxygen atoms in total. The summed E-state index contributed by atoms with van der Waals surface area (Å²) in [5, 5.41) is 0.246. The Morgan fingerprint density at radius 1 is 1.13 bits per heavy atom. The van der Waals surface area contributed by atoms with E-state index >= 15 is 0 Å². The van der Waals surface area contributed by atoms with Crippen LogP contribution < -0.4 is 5.43 Å². The number of aryl methyl sites for hydroxylation is 1. The maximum Gasteiger partial charge on any atom is 0.197 e. The lowest BCUT2D eigenvalue weighted by Crippen LogP contribution is -2.27. The van der Waals surface area contributed by atoms with Crippen LogP contribution in [0.3, 0.4) is 0 Å². The van der Waals surface area contributed by atoms with Gasteiger partial charge in [-0.2, -0.15) is 0 Å². The number of hydrogen-bond acceptors (Lipinski definition) is 5. The van der Waals surface area contributed by atoms with Gasteiger partial charge in [0.05, 0.1) is 22.4 Å². The van der Waals surface area contributed by atoms with E-state index in [9.17, 15) is 9.18 Å². The zero-order valence-electron chi connectivity index (χ0n) is 16.2. The zero-order chi connectivity index (χ0) is 20.9. The summed E-state index contributed by atoms with van der Waals surface area (Å²) >= 11 is 3.12. The highest BCUT2D eigenvalue weighted by molar-refractivity contribution is 9.10. The molecule has 30 heavy (non-hydrogen) atoms. The van der Waals surface area contributed by atoms with Crippen molar-refractivity contribution in [2.75, 3.05) is 6.54 Å². The van der Waals surface area contributed by atoms with Crippen molar-refractivity contribution in [2.45, 2.75) is 26.1 Å². The molecule has 8 heteroatoms. The van der Waals surface area contributed by atoms with E-state index in [-0.39, 0.29) is 15.3 Å². The molecule has 0 N–H and O–H groups in total. The summed E-state index contributed by atoms with van der Waals surface area (Å²) in [5.74, 6) is -0.485. The Hall–Kier alpha value is -2.84. The molecule has 4 rings (SSSR count). The third kappa shape index (κ3) is 4.83. The van der Waals surface area contributed by atoms with E-state index in [0.717, 1.165) is 25.1 Å². The van der Waals surface area contributed by atoms with E-state index < -0.39 is 5.82 Å². The normalized spacial score (nSPS) is 11.4. The van der Waals surface area contributed by atoms with Gasteiger partial charge in [-0.05, 0) is 52.2 Å². The maximum atomic E-state index is 14.0. The SMILES string of the molecule is O=c1c(CN(CCCn2ccnc2)Cc2ccncc2)coc2cc(Br)c(F)cc12. The number of nitrogens with zero attached hydrogens (tertiary/aromatic N) is 4. The Balaban J connectivity index is 1.56. The fourth-order valence-electron chi connectivity index (χ4n) is 3.37. The predicted molar refractivity (Wildman–Crippen MR) is 115 cm³/mol. The van der Waals surface area contributed by atoms with Gasteiger partial charge in [-0.25, -0.2) is 9.37 Å². The smallest absolute Gasteiger partial charge is 0.197 e. The lowest BCUT2D eigenvalue weighted by Gasteiger charge is -2.22. The van der Waals surface area contributed by atoms with Gasteiger partial charge in [0.15, 0.2) is 5.43 Å². The highest BCUT2D eigenvalue weighted by atomic mass is 79.9. The number of fused-ring (bicyclic) bond motifs is 1. The molecule has 0 aliphatic rings. The number of benzene rings is 1. The number of hydrogen-bond donors (Lipinski definition) is 0. The topological polar surface area (TPSA) is 64.2 Å². The van der Waals surface area contributed by atoms with Crippen LogP contribution in [-0.2, 0) is 19.6 Å². The van der Waals surface area contributed by atoms with E-state index in [0.29, 0.717) is 24.2 Å². The van der Waals surface area contributed by atoms with Gasteiger partial charge in [0.2, 0.25) is 0 Å². The minimum atomic E-state index is -0.485. The Labute approximate surface area is 181 Å². The molecule has 4 aromatic rings. The van der Waals surface area contributed by atoms with Crippen LogP contribution in [0.15, 0.2) is 75.3 Å². The van der Waals surface area contributed by atoms with E-state index in [2.05, 4.69) is 30.8 Å². The van der Waals surface area contributed by atoms with Crippen LogP contribution in [0.25, 0.3) is 11.0 Å². The Morgan fingerprint density at radius 3 is 2.73 bits per heavy atom. The lowest BCUT2D eigenvalue weighted by molar-refractivity contribution is 0.246. The fourth-order valence-corrected chi connectivity index (χ4v) is 3.69. The van der Waals surface area contributed by atoms with E-state index in [4.69, 9.17) is 4.42 Å². The fraction of sp³-hybridized carbons (Fsp3) is 0.227. The summed E-state index contributed by atoms with van der Waals surface area (Å²) in [4.78, 5) is 23.3. The molecule has 0 unspecified atom stereocenters. The zero-order valence-corrected chi connectivity index (χ0v) is 17.8. The molecule has 0 radical (unpaired) electrons. The number of rotatable bonds is 8. The van der Waals surface area contributed by atoms with Crippen molar-refractivity contribution < 1.29 is 8.81 Å². The van der Waals surface area contributed by atoms with Crippen LogP contribution in [0.5, 0.6) is 0 Å². The van der Waals surface area contributed by atoms with Gasteiger partial charge in [-0.15, -0.1) is 0 Å². The second kappa shape index (κ2) is 9.32. The van der Waals surface area contributed by atoms with Crippen molar-refractivity contribution in [3.8, 4) is 0 Å². The first kappa shape index (κ1) is 20.4. The molecular formula is C22H20BrFN4O2. The molecule has 3 heterocycles. The van der Waals surface area contributed by atoms with Crippen molar-refractivity contribution in [3.05, 3.63) is 93.3 Å². The number of pyridine rings is 1. The van der Waals surface area contributed by atoms with Gasteiger partial charge >= 0.3 is 0 Å². The third-order valence-electron chi connectivity index (χ3n) is 4.89. The second-order valence-electron chi connectivity index (χ2n) is 7.07. The molecular weight excluding hydrogens is 451 g/mol. The van der Waals surface area contributed by atoms with Gasteiger partial charge in [0.25, 0.3) is 0 Å².